The standard InChI is InChI=1S/C25H25N5O3/c1-16-17(2)30-21-22(26-24(30)29(16)19-13-7-8-14-20(19)31)27(3)25(33)28(23(21)32)15-9-12-18-10-5-4-6-11-18/h4-14,21-22,31H,15H2,1-3H3/b12-9+. The summed E-state index contributed by atoms with van der Waals surface area (Å²) < 4.78 is 0. The number of urea groups is 1. The second kappa shape index (κ2) is 7.81. The number of fused-ring (bicyclic) bond motifs is 3. The molecule has 3 heterocycles. The Balaban J connectivity index is 1.46. The van der Waals surface area contributed by atoms with E-state index in [1.165, 1.54) is 9.80 Å². The van der Waals surface area contributed by atoms with Crippen LogP contribution in [0.25, 0.3) is 6.08 Å². The number of likely N-dealkylation sites (N-methyl/N-ethyl adjacent to an activating group) is 1. The lowest BCUT2D eigenvalue weighted by Gasteiger charge is -2.40. The largest absolute Gasteiger partial charge is 0.506 e. The number of phenols is 1. The van der Waals surface area contributed by atoms with E-state index in [9.17, 15) is 14.7 Å². The Morgan fingerprint density at radius 2 is 1.70 bits per heavy atom. The minimum Gasteiger partial charge on any atom is -0.506 e. The summed E-state index contributed by atoms with van der Waals surface area (Å²) in [5.41, 5.74) is 3.31. The van der Waals surface area contributed by atoms with E-state index in [4.69, 9.17) is 4.99 Å². The number of phenolic OH excluding ortho intramolecular Hbond substituents is 1. The van der Waals surface area contributed by atoms with Crippen LogP contribution in [-0.4, -0.2) is 63.5 Å². The first kappa shape index (κ1) is 20.8. The molecular weight excluding hydrogens is 418 g/mol. The molecule has 3 aliphatic heterocycles. The highest BCUT2D eigenvalue weighted by Crippen LogP contribution is 2.42. The molecule has 1 N–H and O–H groups in total. The number of carbonyl (C=O) groups excluding carboxylic acids is 2. The van der Waals surface area contributed by atoms with Crippen molar-refractivity contribution in [1.29, 1.82) is 0 Å². The fourth-order valence-electron chi connectivity index (χ4n) is 4.58. The zero-order chi connectivity index (χ0) is 23.3. The Bertz CT molecular complexity index is 1220. The van der Waals surface area contributed by atoms with Crippen LogP contribution in [0.1, 0.15) is 19.4 Å². The molecule has 0 bridgehead atoms. The summed E-state index contributed by atoms with van der Waals surface area (Å²) in [4.78, 5) is 37.9. The molecule has 0 radical (unpaired) electrons. The van der Waals surface area contributed by atoms with Crippen molar-refractivity contribution in [2.45, 2.75) is 26.1 Å². The van der Waals surface area contributed by atoms with Gasteiger partial charge in [0.15, 0.2) is 12.2 Å². The maximum atomic E-state index is 13.5. The summed E-state index contributed by atoms with van der Waals surface area (Å²) in [7, 11) is 1.67. The van der Waals surface area contributed by atoms with Gasteiger partial charge >= 0.3 is 6.03 Å². The number of imide groups is 1. The zero-order valence-electron chi connectivity index (χ0n) is 18.7. The highest BCUT2D eigenvalue weighted by Gasteiger charge is 2.55. The molecule has 5 rings (SSSR count). The lowest BCUT2D eigenvalue weighted by Crippen LogP contribution is -2.64. The van der Waals surface area contributed by atoms with Gasteiger partial charge in [-0.25, -0.2) is 9.79 Å². The molecular formula is C25H25N5O3. The third-order valence-corrected chi connectivity index (χ3v) is 6.41. The fourth-order valence-corrected chi connectivity index (χ4v) is 4.58. The van der Waals surface area contributed by atoms with E-state index in [1.54, 1.807) is 25.2 Å². The Kier molecular flexibility index (Phi) is 4.92. The second-order valence-corrected chi connectivity index (χ2v) is 8.31. The number of aromatic hydroxyl groups is 1. The summed E-state index contributed by atoms with van der Waals surface area (Å²) in [6.07, 6.45) is 3.09. The first-order chi connectivity index (χ1) is 15.9. The van der Waals surface area contributed by atoms with Crippen LogP contribution < -0.4 is 4.90 Å². The van der Waals surface area contributed by atoms with Crippen molar-refractivity contribution < 1.29 is 14.7 Å². The van der Waals surface area contributed by atoms with E-state index >= 15 is 0 Å². The van der Waals surface area contributed by atoms with Gasteiger partial charge in [-0.3, -0.25) is 19.5 Å². The number of amides is 3. The number of guanidine groups is 1. The molecule has 2 unspecified atom stereocenters. The number of aliphatic imine (C=N–C) groups is 1. The third-order valence-electron chi connectivity index (χ3n) is 6.41. The predicted octanol–water partition coefficient (Wildman–Crippen LogP) is 3.44. The first-order valence-corrected chi connectivity index (χ1v) is 10.8. The normalized spacial score (nSPS) is 22.5. The van der Waals surface area contributed by atoms with Gasteiger partial charge in [0.1, 0.15) is 5.75 Å². The molecule has 2 atom stereocenters. The monoisotopic (exact) mass is 443 g/mol. The quantitative estimate of drug-likeness (QED) is 0.783. The summed E-state index contributed by atoms with van der Waals surface area (Å²) in [5, 5.41) is 10.4. The maximum absolute atomic E-state index is 13.5. The van der Waals surface area contributed by atoms with E-state index in [1.807, 2.05) is 72.2 Å². The van der Waals surface area contributed by atoms with Crippen LogP contribution in [0.5, 0.6) is 5.75 Å². The van der Waals surface area contributed by atoms with Gasteiger partial charge in [-0.2, -0.15) is 0 Å². The molecule has 2 aromatic rings. The van der Waals surface area contributed by atoms with Crippen LogP contribution in [0.15, 0.2) is 77.1 Å². The van der Waals surface area contributed by atoms with Gasteiger partial charge in [-0.05, 0) is 31.5 Å². The Hall–Kier alpha value is -4.07. The van der Waals surface area contributed by atoms with Crippen LogP contribution in [-0.2, 0) is 4.79 Å². The predicted molar refractivity (Wildman–Crippen MR) is 126 cm³/mol. The molecule has 8 heteroatoms. The Labute approximate surface area is 192 Å². The maximum Gasteiger partial charge on any atom is 0.328 e. The smallest absolute Gasteiger partial charge is 0.328 e. The topological polar surface area (TPSA) is 79.7 Å². The Morgan fingerprint density at radius 3 is 2.42 bits per heavy atom. The number of hydrogen-bond acceptors (Lipinski definition) is 6. The number of anilines is 1. The number of rotatable bonds is 4. The minimum absolute atomic E-state index is 0.118. The first-order valence-electron chi connectivity index (χ1n) is 10.8. The van der Waals surface area contributed by atoms with Crippen molar-refractivity contribution in [2.75, 3.05) is 18.5 Å². The van der Waals surface area contributed by atoms with Gasteiger partial charge < -0.3 is 10.0 Å². The van der Waals surface area contributed by atoms with Gasteiger partial charge in [0.2, 0.25) is 5.96 Å². The molecule has 33 heavy (non-hydrogen) atoms. The minimum atomic E-state index is -0.654. The lowest BCUT2D eigenvalue weighted by atomic mass is 10.1. The average Bonchev–Trinajstić information content (AvgIpc) is 3.31. The number of benzene rings is 2. The number of hydrogen-bond donors (Lipinski definition) is 1. The molecule has 168 valence electrons. The third kappa shape index (κ3) is 3.17. The average molecular weight is 444 g/mol. The Morgan fingerprint density at radius 1 is 1.00 bits per heavy atom. The van der Waals surface area contributed by atoms with Crippen molar-refractivity contribution in [2.24, 2.45) is 4.99 Å². The van der Waals surface area contributed by atoms with Gasteiger partial charge in [0, 0.05) is 25.0 Å². The number of allylic oxidation sites excluding steroid dienone is 2. The van der Waals surface area contributed by atoms with Gasteiger partial charge in [0.05, 0.1) is 5.69 Å². The molecule has 0 saturated carbocycles. The number of nitrogens with zero attached hydrogens (tertiary/aromatic N) is 5. The van der Waals surface area contributed by atoms with Gasteiger partial charge in [0.25, 0.3) is 5.91 Å². The number of para-hydroxylation sites is 2. The van der Waals surface area contributed by atoms with E-state index < -0.39 is 12.2 Å². The van der Waals surface area contributed by atoms with Crippen LogP contribution >= 0.6 is 0 Å². The molecule has 3 amide bonds. The molecule has 0 aromatic heterocycles. The summed E-state index contributed by atoms with van der Waals surface area (Å²) >= 11 is 0. The zero-order valence-corrected chi connectivity index (χ0v) is 18.7. The summed E-state index contributed by atoms with van der Waals surface area (Å²) in [6.45, 7) is 4.03. The molecule has 2 aromatic carbocycles. The second-order valence-electron chi connectivity index (χ2n) is 8.31. The van der Waals surface area contributed by atoms with Crippen molar-refractivity contribution >= 4 is 29.7 Å². The van der Waals surface area contributed by atoms with E-state index in [0.717, 1.165) is 17.0 Å². The molecule has 0 aliphatic carbocycles. The van der Waals surface area contributed by atoms with Crippen LogP contribution in [0.2, 0.25) is 0 Å². The van der Waals surface area contributed by atoms with Crippen molar-refractivity contribution in [3.63, 3.8) is 0 Å². The van der Waals surface area contributed by atoms with Gasteiger partial charge in [-0.15, -0.1) is 0 Å². The highest BCUT2D eigenvalue weighted by molar-refractivity contribution is 6.11. The summed E-state index contributed by atoms with van der Waals surface area (Å²) in [5.74, 6) is 0.370. The van der Waals surface area contributed by atoms with E-state index in [2.05, 4.69) is 0 Å². The SMILES string of the molecule is CC1=C(C)N2C(=NC3C2C(=O)N(C/C=C/c2ccccc2)C(=O)N3C)N1c1ccccc1O. The van der Waals surface area contributed by atoms with Crippen molar-refractivity contribution in [1.82, 2.24) is 14.7 Å². The lowest BCUT2D eigenvalue weighted by molar-refractivity contribution is -0.136. The van der Waals surface area contributed by atoms with E-state index in [0.29, 0.717) is 11.6 Å². The summed E-state index contributed by atoms with van der Waals surface area (Å²) in [6, 6.07) is 15.7. The van der Waals surface area contributed by atoms with Crippen molar-refractivity contribution in [3.05, 3.63) is 77.6 Å². The van der Waals surface area contributed by atoms with Gasteiger partial charge in [-0.1, -0.05) is 54.6 Å². The highest BCUT2D eigenvalue weighted by atomic mass is 16.3. The molecule has 1 fully saturated rings. The molecule has 0 spiro atoms. The van der Waals surface area contributed by atoms with Crippen molar-refractivity contribution in [3.8, 4) is 5.75 Å². The molecule has 3 aliphatic rings. The fraction of sp³-hybridized carbons (Fsp3) is 0.240. The van der Waals surface area contributed by atoms with E-state index in [-0.39, 0.29) is 24.2 Å². The number of carbonyl (C=O) groups is 2. The van der Waals surface area contributed by atoms with Crippen LogP contribution in [0, 0.1) is 0 Å². The van der Waals surface area contributed by atoms with Crippen LogP contribution in [0.4, 0.5) is 10.5 Å². The molecule has 1 saturated heterocycles. The molecule has 8 nitrogen and oxygen atoms in total. The van der Waals surface area contributed by atoms with Crippen LogP contribution in [0.3, 0.4) is 0 Å².